The first kappa shape index (κ1) is 11.4. The van der Waals surface area contributed by atoms with Gasteiger partial charge in [0.05, 0.1) is 25.0 Å². The van der Waals surface area contributed by atoms with Crippen molar-refractivity contribution in [2.24, 2.45) is 0 Å². The fourth-order valence-electron chi connectivity index (χ4n) is 1.51. The van der Waals surface area contributed by atoms with Gasteiger partial charge in [0, 0.05) is 18.5 Å². The van der Waals surface area contributed by atoms with E-state index < -0.39 is 0 Å². The average Bonchev–Trinajstić information content (AvgIpc) is 2.37. The Morgan fingerprint density at radius 1 is 1.29 bits per heavy atom. The second kappa shape index (κ2) is 5.30. The molecule has 17 heavy (non-hydrogen) atoms. The Kier molecular flexibility index (Phi) is 3.55. The summed E-state index contributed by atoms with van der Waals surface area (Å²) >= 11 is 0. The molecule has 0 radical (unpaired) electrons. The lowest BCUT2D eigenvalue weighted by molar-refractivity contribution is 0.396. The number of methoxy groups -OCH3 is 1. The number of rotatable bonds is 4. The predicted octanol–water partition coefficient (Wildman–Crippen LogP) is 2.41. The van der Waals surface area contributed by atoms with Crippen LogP contribution in [0.15, 0.2) is 36.7 Å². The molecule has 0 atom stereocenters. The van der Waals surface area contributed by atoms with Gasteiger partial charge in [-0.1, -0.05) is 6.07 Å². The van der Waals surface area contributed by atoms with E-state index in [2.05, 4.69) is 15.3 Å². The smallest absolute Gasteiger partial charge is 0.213 e. The molecule has 2 heterocycles. The summed E-state index contributed by atoms with van der Waals surface area (Å²) in [6.07, 6.45) is 3.63. The Balaban J connectivity index is 2.02. The number of ether oxygens (including phenoxy) is 1. The van der Waals surface area contributed by atoms with Gasteiger partial charge in [-0.2, -0.15) is 0 Å². The molecular formula is C13H15N3O. The fraction of sp³-hybridized carbons (Fsp3) is 0.231. The minimum absolute atomic E-state index is 0.631. The average molecular weight is 229 g/mol. The van der Waals surface area contributed by atoms with Gasteiger partial charge in [0.2, 0.25) is 5.88 Å². The van der Waals surface area contributed by atoms with E-state index in [1.165, 1.54) is 0 Å². The Bertz CT molecular complexity index is 500. The molecule has 0 aliphatic carbocycles. The highest BCUT2D eigenvalue weighted by atomic mass is 16.5. The number of anilines is 1. The van der Waals surface area contributed by atoms with E-state index in [0.29, 0.717) is 12.4 Å². The van der Waals surface area contributed by atoms with Crippen molar-refractivity contribution in [3.63, 3.8) is 0 Å². The van der Waals surface area contributed by atoms with E-state index >= 15 is 0 Å². The molecule has 0 aromatic carbocycles. The molecule has 0 fully saturated rings. The van der Waals surface area contributed by atoms with Crippen molar-refractivity contribution in [1.29, 1.82) is 0 Å². The second-order valence-corrected chi connectivity index (χ2v) is 3.78. The summed E-state index contributed by atoms with van der Waals surface area (Å²) in [4.78, 5) is 8.45. The molecule has 2 aromatic heterocycles. The van der Waals surface area contributed by atoms with Gasteiger partial charge < -0.3 is 10.1 Å². The Hall–Kier alpha value is -2.10. The summed E-state index contributed by atoms with van der Waals surface area (Å²) in [7, 11) is 1.62. The number of pyridine rings is 2. The van der Waals surface area contributed by atoms with Crippen molar-refractivity contribution < 1.29 is 4.74 Å². The van der Waals surface area contributed by atoms with Gasteiger partial charge in [0.1, 0.15) is 0 Å². The van der Waals surface area contributed by atoms with Crippen molar-refractivity contribution in [3.05, 3.63) is 47.9 Å². The van der Waals surface area contributed by atoms with E-state index in [1.807, 2.05) is 37.4 Å². The van der Waals surface area contributed by atoms with Crippen LogP contribution < -0.4 is 10.1 Å². The molecular weight excluding hydrogens is 214 g/mol. The number of nitrogens with one attached hydrogen (secondary N) is 1. The van der Waals surface area contributed by atoms with Crippen molar-refractivity contribution in [2.45, 2.75) is 13.5 Å². The van der Waals surface area contributed by atoms with E-state index in [1.54, 1.807) is 13.3 Å². The largest absolute Gasteiger partial charge is 0.481 e. The summed E-state index contributed by atoms with van der Waals surface area (Å²) < 4.78 is 5.07. The fourth-order valence-corrected chi connectivity index (χ4v) is 1.51. The van der Waals surface area contributed by atoms with Crippen LogP contribution in [-0.4, -0.2) is 17.1 Å². The number of nitrogens with zero attached hydrogens (tertiary/aromatic N) is 2. The molecule has 1 N–H and O–H groups in total. The molecule has 88 valence electrons. The Labute approximate surface area is 101 Å². The highest BCUT2D eigenvalue weighted by Gasteiger charge is 1.98. The molecule has 0 aliphatic rings. The van der Waals surface area contributed by atoms with Crippen molar-refractivity contribution >= 4 is 5.69 Å². The lowest BCUT2D eigenvalue weighted by Crippen LogP contribution is -2.02. The quantitative estimate of drug-likeness (QED) is 0.874. The third-order valence-corrected chi connectivity index (χ3v) is 2.34. The highest BCUT2D eigenvalue weighted by Crippen LogP contribution is 2.11. The van der Waals surface area contributed by atoms with E-state index in [4.69, 9.17) is 4.74 Å². The monoisotopic (exact) mass is 229 g/mol. The van der Waals surface area contributed by atoms with Crippen molar-refractivity contribution in [1.82, 2.24) is 9.97 Å². The van der Waals surface area contributed by atoms with Crippen LogP contribution in [0.1, 0.15) is 11.3 Å². The topological polar surface area (TPSA) is 47.0 Å². The van der Waals surface area contributed by atoms with Gasteiger partial charge in [0.15, 0.2) is 0 Å². The van der Waals surface area contributed by atoms with Crippen LogP contribution in [-0.2, 0) is 6.54 Å². The summed E-state index contributed by atoms with van der Waals surface area (Å²) in [6.45, 7) is 2.67. The zero-order valence-corrected chi connectivity index (χ0v) is 9.97. The van der Waals surface area contributed by atoms with Crippen LogP contribution in [0.5, 0.6) is 5.88 Å². The van der Waals surface area contributed by atoms with Gasteiger partial charge in [-0.05, 0) is 24.6 Å². The SMILES string of the molecule is COc1cccc(CNc2cncc(C)c2)n1. The predicted molar refractivity (Wildman–Crippen MR) is 67.1 cm³/mol. The van der Waals surface area contributed by atoms with Gasteiger partial charge in [-0.15, -0.1) is 0 Å². The molecule has 0 saturated heterocycles. The second-order valence-electron chi connectivity index (χ2n) is 3.78. The maximum atomic E-state index is 5.07. The van der Waals surface area contributed by atoms with E-state index in [0.717, 1.165) is 16.9 Å². The Morgan fingerprint density at radius 2 is 2.18 bits per heavy atom. The molecule has 0 spiro atoms. The van der Waals surface area contributed by atoms with Crippen molar-refractivity contribution in [2.75, 3.05) is 12.4 Å². The van der Waals surface area contributed by atoms with Crippen LogP contribution in [0.25, 0.3) is 0 Å². The first-order valence-corrected chi connectivity index (χ1v) is 5.43. The minimum Gasteiger partial charge on any atom is -0.481 e. The molecule has 4 heteroatoms. The van der Waals surface area contributed by atoms with Gasteiger partial charge in [-0.3, -0.25) is 4.98 Å². The third kappa shape index (κ3) is 3.17. The van der Waals surface area contributed by atoms with E-state index in [-0.39, 0.29) is 0 Å². The van der Waals surface area contributed by atoms with Crippen LogP contribution in [0.3, 0.4) is 0 Å². The molecule has 0 bridgehead atoms. The summed E-state index contributed by atoms with van der Waals surface area (Å²) in [5.41, 5.74) is 3.06. The summed E-state index contributed by atoms with van der Waals surface area (Å²) in [5, 5.41) is 3.27. The van der Waals surface area contributed by atoms with Crippen molar-refractivity contribution in [3.8, 4) is 5.88 Å². The molecule has 0 amide bonds. The maximum Gasteiger partial charge on any atom is 0.213 e. The molecule has 0 aliphatic heterocycles. The first-order chi connectivity index (χ1) is 8.28. The molecule has 4 nitrogen and oxygen atoms in total. The van der Waals surface area contributed by atoms with Crippen LogP contribution >= 0.6 is 0 Å². The summed E-state index contributed by atoms with van der Waals surface area (Å²) in [6, 6.07) is 7.76. The maximum absolute atomic E-state index is 5.07. The molecule has 2 rings (SSSR count). The lowest BCUT2D eigenvalue weighted by Gasteiger charge is -2.07. The molecule has 2 aromatic rings. The standard InChI is InChI=1S/C13H15N3O/c1-10-6-12(8-14-7-10)15-9-11-4-3-5-13(16-11)17-2/h3-8,15H,9H2,1-2H3. The normalized spacial score (nSPS) is 10.0. The first-order valence-electron chi connectivity index (χ1n) is 5.43. The van der Waals surface area contributed by atoms with Crippen LogP contribution in [0, 0.1) is 6.92 Å². The lowest BCUT2D eigenvalue weighted by atomic mass is 10.3. The minimum atomic E-state index is 0.631. The summed E-state index contributed by atoms with van der Waals surface area (Å²) in [5.74, 6) is 0.631. The number of aromatic nitrogens is 2. The van der Waals surface area contributed by atoms with Gasteiger partial charge >= 0.3 is 0 Å². The third-order valence-electron chi connectivity index (χ3n) is 2.34. The number of hydrogen-bond acceptors (Lipinski definition) is 4. The zero-order valence-electron chi connectivity index (χ0n) is 9.97. The number of hydrogen-bond donors (Lipinski definition) is 1. The van der Waals surface area contributed by atoms with Crippen LogP contribution in [0.4, 0.5) is 5.69 Å². The molecule has 0 unspecified atom stereocenters. The zero-order chi connectivity index (χ0) is 12.1. The highest BCUT2D eigenvalue weighted by molar-refractivity contribution is 5.42. The number of aryl methyl sites for hydroxylation is 1. The Morgan fingerprint density at radius 3 is 2.94 bits per heavy atom. The van der Waals surface area contributed by atoms with Gasteiger partial charge in [0.25, 0.3) is 0 Å². The molecule has 0 saturated carbocycles. The van der Waals surface area contributed by atoms with Crippen LogP contribution in [0.2, 0.25) is 0 Å². The van der Waals surface area contributed by atoms with E-state index in [9.17, 15) is 0 Å². The van der Waals surface area contributed by atoms with Gasteiger partial charge in [-0.25, -0.2) is 4.98 Å².